The first-order valence-electron chi connectivity index (χ1n) is 19.8. The number of aromatic amines is 1. The number of carbonyl (C=O) groups is 4. The van der Waals surface area contributed by atoms with Gasteiger partial charge in [-0.3, -0.25) is 14.6 Å². The van der Waals surface area contributed by atoms with Gasteiger partial charge in [-0.15, -0.1) is 0 Å². The summed E-state index contributed by atoms with van der Waals surface area (Å²) >= 11 is 0. The van der Waals surface area contributed by atoms with Crippen molar-refractivity contribution in [2.45, 2.75) is 83.0 Å². The van der Waals surface area contributed by atoms with Crippen molar-refractivity contribution >= 4 is 35.3 Å². The summed E-state index contributed by atoms with van der Waals surface area (Å²) in [7, 11) is 3.98. The number of methoxy groups -OCH3 is 3. The number of carbonyl (C=O) groups excluding carboxylic acids is 4. The number of alkyl carbamates (subject to hydrolysis) is 2. The smallest absolute Gasteiger partial charge is 0.407 e. The highest BCUT2D eigenvalue weighted by molar-refractivity contribution is 6.04. The first-order chi connectivity index (χ1) is 28.0. The van der Waals surface area contributed by atoms with Crippen LogP contribution in [0.25, 0.3) is 16.8 Å². The average Bonchev–Trinajstić information content (AvgIpc) is 4.07. The van der Waals surface area contributed by atoms with E-state index in [4.69, 9.17) is 23.9 Å². The number of nitrogens with one attached hydrogen (secondary N) is 3. The molecule has 16 heteroatoms. The van der Waals surface area contributed by atoms with E-state index < -0.39 is 24.3 Å². The molecule has 308 valence electrons. The molecule has 5 heterocycles. The standard InChI is InChI=1S/C42H50FN7O8/c1-6-23(2)37(48-42(54)57-5)40(52)49-13-7-9-33(49)30-18-27(20-44-30)28-19-36-26(17-29(28)43)16-25-15-24(11-12-35(25)58-36)31-21-45-38(46-31)34-10-8-14-50(34)39(51)32(22-55-3)47-41(53)56-4/h11-12,15,17,19-21,23,32-34,37H,6-10,13-14,16,18,22H2,1-5H3,(H,45,46)(H,47,53)(H,48,54)/t23-,32-,33-,34-,37-/m0/s1. The van der Waals surface area contributed by atoms with Gasteiger partial charge < -0.3 is 44.4 Å². The molecule has 4 aliphatic rings. The Morgan fingerprint density at radius 3 is 2.36 bits per heavy atom. The number of hydrogen-bond donors (Lipinski definition) is 3. The van der Waals surface area contributed by atoms with E-state index in [1.165, 1.54) is 27.4 Å². The highest BCUT2D eigenvalue weighted by Crippen LogP contribution is 2.42. The zero-order valence-electron chi connectivity index (χ0n) is 33.4. The lowest BCUT2D eigenvalue weighted by atomic mass is 9.93. The Hall–Kier alpha value is -5.77. The number of H-pyrrole nitrogens is 1. The van der Waals surface area contributed by atoms with Crippen LogP contribution in [0.1, 0.15) is 80.9 Å². The Kier molecular flexibility index (Phi) is 12.1. The predicted octanol–water partition coefficient (Wildman–Crippen LogP) is 5.89. The van der Waals surface area contributed by atoms with Crippen LogP contribution < -0.4 is 15.4 Å². The van der Waals surface area contributed by atoms with E-state index in [9.17, 15) is 19.2 Å². The molecule has 58 heavy (non-hydrogen) atoms. The lowest BCUT2D eigenvalue weighted by Gasteiger charge is -2.31. The van der Waals surface area contributed by atoms with Gasteiger partial charge in [0.2, 0.25) is 11.8 Å². The summed E-state index contributed by atoms with van der Waals surface area (Å²) < 4.78 is 37.0. The number of amides is 4. The molecule has 2 saturated heterocycles. The lowest BCUT2D eigenvalue weighted by Crippen LogP contribution is -2.54. The van der Waals surface area contributed by atoms with Crippen LogP contribution in [-0.2, 0) is 30.2 Å². The fourth-order valence-corrected chi connectivity index (χ4v) is 8.33. The van der Waals surface area contributed by atoms with Crippen molar-refractivity contribution in [3.05, 3.63) is 71.1 Å². The maximum atomic E-state index is 15.9. The monoisotopic (exact) mass is 799 g/mol. The molecular weight excluding hydrogens is 750 g/mol. The van der Waals surface area contributed by atoms with E-state index in [-0.39, 0.29) is 42.2 Å². The van der Waals surface area contributed by atoms with Crippen LogP contribution in [0, 0.1) is 11.7 Å². The van der Waals surface area contributed by atoms with Gasteiger partial charge in [0.05, 0.1) is 44.8 Å². The summed E-state index contributed by atoms with van der Waals surface area (Å²) in [6, 6.07) is 6.88. The Labute approximate surface area is 336 Å². The maximum Gasteiger partial charge on any atom is 0.407 e. The number of nitrogens with zero attached hydrogens (tertiary/aromatic N) is 4. The molecule has 2 aromatic carbocycles. The third kappa shape index (κ3) is 8.15. The van der Waals surface area contributed by atoms with Gasteiger partial charge in [-0.1, -0.05) is 20.3 Å². The van der Waals surface area contributed by atoms with E-state index in [0.717, 1.165) is 41.8 Å². The molecule has 4 aliphatic heterocycles. The maximum absolute atomic E-state index is 15.9. The number of aromatic nitrogens is 2. The van der Waals surface area contributed by atoms with Gasteiger partial charge in [0, 0.05) is 61.6 Å². The van der Waals surface area contributed by atoms with Crippen LogP contribution in [0.15, 0.2) is 47.7 Å². The van der Waals surface area contributed by atoms with E-state index in [2.05, 4.69) is 20.6 Å². The number of rotatable bonds is 12. The third-order valence-corrected chi connectivity index (χ3v) is 11.6. The SMILES string of the molecule is CC[C@H](C)[C@H](NC(=O)OC)C(=O)N1CCC[C@H]1C1=NC=C(c2cc3c(cc2F)Cc2cc(-c4cnc([C@@H]5CCCN5C(=O)[C@H](COC)NC(=O)OC)[nH]4)ccc2O3)C1. The molecule has 0 saturated carbocycles. The van der Waals surface area contributed by atoms with Gasteiger partial charge in [0.25, 0.3) is 0 Å². The highest BCUT2D eigenvalue weighted by atomic mass is 19.1. The predicted molar refractivity (Wildman–Crippen MR) is 212 cm³/mol. The first-order valence-corrected chi connectivity index (χ1v) is 19.8. The van der Waals surface area contributed by atoms with Crippen LogP contribution in [0.4, 0.5) is 14.0 Å². The molecule has 2 fully saturated rings. The second-order valence-corrected chi connectivity index (χ2v) is 15.2. The fraction of sp³-hybridized carbons (Fsp3) is 0.476. The number of benzene rings is 2. The normalized spacial score (nSPS) is 19.9. The molecule has 5 atom stereocenters. The summed E-state index contributed by atoms with van der Waals surface area (Å²) in [5.74, 6) is 0.936. The molecule has 3 aromatic rings. The van der Waals surface area contributed by atoms with Gasteiger partial charge in [-0.05, 0) is 73.1 Å². The molecule has 15 nitrogen and oxygen atoms in total. The summed E-state index contributed by atoms with van der Waals surface area (Å²) in [5, 5.41) is 5.28. The molecule has 1 aromatic heterocycles. The van der Waals surface area contributed by atoms with Gasteiger partial charge in [-0.2, -0.15) is 0 Å². The minimum Gasteiger partial charge on any atom is -0.457 e. The molecule has 7 rings (SSSR count). The number of hydrogen-bond acceptors (Lipinski definition) is 10. The molecule has 4 amide bonds. The minimum absolute atomic E-state index is 0.000911. The van der Waals surface area contributed by atoms with Crippen molar-refractivity contribution in [1.82, 2.24) is 30.4 Å². The number of aliphatic imine (C=N–C) groups is 1. The van der Waals surface area contributed by atoms with E-state index in [1.54, 1.807) is 28.3 Å². The Balaban J connectivity index is 1.02. The van der Waals surface area contributed by atoms with E-state index in [1.807, 2.05) is 32.0 Å². The molecule has 0 unspecified atom stereocenters. The average molecular weight is 800 g/mol. The van der Waals surface area contributed by atoms with Crippen molar-refractivity contribution in [2.24, 2.45) is 10.9 Å². The fourth-order valence-electron chi connectivity index (χ4n) is 8.33. The van der Waals surface area contributed by atoms with Crippen molar-refractivity contribution in [3.63, 3.8) is 0 Å². The van der Waals surface area contributed by atoms with Crippen molar-refractivity contribution < 1.29 is 42.5 Å². The Bertz CT molecular complexity index is 2130. The van der Waals surface area contributed by atoms with Gasteiger partial charge >= 0.3 is 12.2 Å². The molecular formula is C42H50FN7O8. The molecule has 0 radical (unpaired) electrons. The largest absolute Gasteiger partial charge is 0.457 e. The summed E-state index contributed by atoms with van der Waals surface area (Å²) in [5.41, 5.74) is 5.11. The minimum atomic E-state index is -0.899. The molecule has 3 N–H and O–H groups in total. The molecule has 0 spiro atoms. The van der Waals surface area contributed by atoms with Crippen LogP contribution in [0.2, 0.25) is 0 Å². The third-order valence-electron chi connectivity index (χ3n) is 11.6. The van der Waals surface area contributed by atoms with Crippen molar-refractivity contribution in [1.29, 1.82) is 0 Å². The second kappa shape index (κ2) is 17.4. The van der Waals surface area contributed by atoms with Gasteiger partial charge in [0.1, 0.15) is 35.2 Å². The number of imidazole rings is 1. The Morgan fingerprint density at radius 1 is 0.931 bits per heavy atom. The summed E-state index contributed by atoms with van der Waals surface area (Å²) in [6.45, 7) is 4.96. The zero-order chi connectivity index (χ0) is 41.1. The quantitative estimate of drug-likeness (QED) is 0.158. The number of likely N-dealkylation sites (tertiary alicyclic amines) is 2. The van der Waals surface area contributed by atoms with Crippen molar-refractivity contribution in [2.75, 3.05) is 41.0 Å². The van der Waals surface area contributed by atoms with E-state index in [0.29, 0.717) is 72.8 Å². The zero-order valence-corrected chi connectivity index (χ0v) is 33.4. The van der Waals surface area contributed by atoms with Crippen LogP contribution in [-0.4, -0.2) is 109 Å². The van der Waals surface area contributed by atoms with Crippen LogP contribution in [0.5, 0.6) is 11.5 Å². The van der Waals surface area contributed by atoms with Crippen molar-refractivity contribution in [3.8, 4) is 22.8 Å². The molecule has 0 bridgehead atoms. The summed E-state index contributed by atoms with van der Waals surface area (Å²) in [6.07, 6.45) is 6.60. The van der Waals surface area contributed by atoms with Crippen LogP contribution in [0.3, 0.4) is 0 Å². The Morgan fingerprint density at radius 2 is 1.64 bits per heavy atom. The molecule has 0 aliphatic carbocycles. The van der Waals surface area contributed by atoms with Gasteiger partial charge in [-0.25, -0.2) is 19.0 Å². The number of fused-ring (bicyclic) bond motifs is 2. The number of ether oxygens (including phenoxy) is 4. The van der Waals surface area contributed by atoms with E-state index >= 15 is 4.39 Å². The van der Waals surface area contributed by atoms with Crippen LogP contribution >= 0.6 is 0 Å². The lowest BCUT2D eigenvalue weighted by molar-refractivity contribution is -0.136. The number of allylic oxidation sites excluding steroid dienone is 1. The number of halogens is 1. The topological polar surface area (TPSA) is 177 Å². The second-order valence-electron chi connectivity index (χ2n) is 15.2. The van der Waals surface area contributed by atoms with Gasteiger partial charge in [0.15, 0.2) is 0 Å². The highest BCUT2D eigenvalue weighted by Gasteiger charge is 2.40. The summed E-state index contributed by atoms with van der Waals surface area (Å²) in [4.78, 5) is 67.5. The first kappa shape index (κ1) is 40.4.